The Balaban J connectivity index is 1.39. The van der Waals surface area contributed by atoms with Gasteiger partial charge in [-0.1, -0.05) is 86.1 Å². The molecule has 3 atom stereocenters. The third-order valence-corrected chi connectivity index (χ3v) is 10.7. The Labute approximate surface area is 332 Å². The van der Waals surface area contributed by atoms with E-state index >= 15 is 4.79 Å². The number of nitrogens with one attached hydrogen (secondary N) is 1. The van der Waals surface area contributed by atoms with E-state index in [4.69, 9.17) is 23.7 Å². The van der Waals surface area contributed by atoms with Gasteiger partial charge in [-0.2, -0.15) is 0 Å². The fourth-order valence-electron chi connectivity index (χ4n) is 6.42. The van der Waals surface area contributed by atoms with Crippen LogP contribution in [0.4, 0.5) is 14.9 Å². The third kappa shape index (κ3) is 10.1. The Morgan fingerprint density at radius 1 is 0.929 bits per heavy atom. The fourth-order valence-corrected chi connectivity index (χ4v) is 7.83. The second-order valence-corrected chi connectivity index (χ2v) is 17.0. The van der Waals surface area contributed by atoms with Gasteiger partial charge < -0.3 is 29.0 Å². The van der Waals surface area contributed by atoms with Crippen LogP contribution in [-0.4, -0.2) is 65.9 Å². The maximum absolute atomic E-state index is 15.2. The van der Waals surface area contributed by atoms with Crippen LogP contribution in [-0.2, 0) is 34.3 Å². The average molecular weight is 785 g/mol. The molecule has 0 aliphatic carbocycles. The number of anilines is 1. The third-order valence-electron chi connectivity index (χ3n) is 9.36. The number of benzene rings is 4. The van der Waals surface area contributed by atoms with Gasteiger partial charge in [-0.25, -0.2) is 18.9 Å². The number of nitrogens with zero attached hydrogens (tertiary/aromatic N) is 1. The first-order chi connectivity index (χ1) is 26.6. The lowest BCUT2D eigenvalue weighted by Gasteiger charge is -2.44. The Kier molecular flexibility index (Phi) is 12.4. The van der Waals surface area contributed by atoms with Crippen LogP contribution in [0.15, 0.2) is 103 Å². The number of amides is 2. The highest BCUT2D eigenvalue weighted by molar-refractivity contribution is 8.00. The van der Waals surface area contributed by atoms with E-state index in [9.17, 15) is 14.0 Å². The molecule has 2 saturated heterocycles. The molecule has 56 heavy (non-hydrogen) atoms. The summed E-state index contributed by atoms with van der Waals surface area (Å²) in [6.07, 6.45) is -0.749. The van der Waals surface area contributed by atoms with E-state index in [-0.39, 0.29) is 24.4 Å². The molecule has 2 aliphatic heterocycles. The van der Waals surface area contributed by atoms with Gasteiger partial charge in [0.05, 0.1) is 25.0 Å². The average Bonchev–Trinajstić information content (AvgIpc) is 3.56. The van der Waals surface area contributed by atoms with E-state index in [1.54, 1.807) is 57.2 Å². The first-order valence-electron chi connectivity index (χ1n) is 18.6. The molecule has 0 spiro atoms. The number of carbonyl (C=O) groups excluding carboxylic acids is 3. The fraction of sp³-hybridized carbons (Fsp3) is 0.386. The maximum atomic E-state index is 15.2. The standard InChI is InChI=1S/C44H49FN2O8S/c1-29-12-16-32(17-13-29)44(53-26-43(5,6)27-54-44)28-56-39(40(49)47-36(24-52-41(47)50)30-10-8-7-9-11-30)38(46-34-20-18-33(45)19-21-34)31-14-22-35(23-15-31)51-25-37(48)55-42(2,3)4/h7-23,36,38-39,46H,24-28H2,1-6H3. The van der Waals surface area contributed by atoms with Gasteiger partial charge in [0.15, 0.2) is 6.61 Å². The number of hydrogen-bond acceptors (Lipinski definition) is 10. The van der Waals surface area contributed by atoms with Gasteiger partial charge in [0, 0.05) is 16.7 Å². The van der Waals surface area contributed by atoms with Crippen molar-refractivity contribution in [1.82, 2.24) is 4.90 Å². The molecule has 2 heterocycles. The molecule has 296 valence electrons. The number of halogens is 1. The van der Waals surface area contributed by atoms with Crippen molar-refractivity contribution in [3.05, 3.63) is 131 Å². The maximum Gasteiger partial charge on any atom is 0.417 e. The molecule has 1 N–H and O–H groups in total. The van der Waals surface area contributed by atoms with E-state index < -0.39 is 52.5 Å². The van der Waals surface area contributed by atoms with Gasteiger partial charge in [0.1, 0.15) is 35.1 Å². The lowest BCUT2D eigenvalue weighted by atomic mass is 9.93. The van der Waals surface area contributed by atoms with Gasteiger partial charge in [-0.3, -0.25) is 4.79 Å². The predicted molar refractivity (Wildman–Crippen MR) is 213 cm³/mol. The first kappa shape index (κ1) is 40.7. The van der Waals surface area contributed by atoms with Crippen molar-refractivity contribution >= 4 is 35.4 Å². The highest BCUT2D eigenvalue weighted by Gasteiger charge is 2.48. The number of hydrogen-bond donors (Lipinski definition) is 1. The van der Waals surface area contributed by atoms with Gasteiger partial charge in [-0.15, -0.1) is 11.8 Å². The summed E-state index contributed by atoms with van der Waals surface area (Å²) in [7, 11) is 0. The molecule has 0 saturated carbocycles. The van der Waals surface area contributed by atoms with E-state index in [1.165, 1.54) is 28.8 Å². The van der Waals surface area contributed by atoms with Crippen LogP contribution in [0.5, 0.6) is 5.75 Å². The molecule has 2 amide bonds. The Hall–Kier alpha value is -4.91. The molecule has 2 aliphatic rings. The van der Waals surface area contributed by atoms with Crippen LogP contribution < -0.4 is 10.1 Å². The van der Waals surface area contributed by atoms with E-state index in [0.717, 1.165) is 16.7 Å². The molecule has 4 aromatic rings. The van der Waals surface area contributed by atoms with Crippen molar-refractivity contribution in [3.63, 3.8) is 0 Å². The second kappa shape index (κ2) is 17.1. The summed E-state index contributed by atoms with van der Waals surface area (Å²) >= 11 is 1.29. The lowest BCUT2D eigenvalue weighted by Crippen LogP contribution is -2.49. The van der Waals surface area contributed by atoms with E-state index in [2.05, 4.69) is 19.2 Å². The van der Waals surface area contributed by atoms with E-state index in [0.29, 0.717) is 30.2 Å². The quantitative estimate of drug-likeness (QED) is 0.132. The van der Waals surface area contributed by atoms with Crippen molar-refractivity contribution < 1.29 is 42.5 Å². The number of imide groups is 1. The summed E-state index contributed by atoms with van der Waals surface area (Å²) in [5.74, 6) is -2.04. The minimum absolute atomic E-state index is 0.000321. The van der Waals surface area contributed by atoms with E-state index in [1.807, 2.05) is 61.5 Å². The molecule has 3 unspecified atom stereocenters. The van der Waals surface area contributed by atoms with Crippen molar-refractivity contribution in [3.8, 4) is 5.75 Å². The van der Waals surface area contributed by atoms with Gasteiger partial charge >= 0.3 is 12.1 Å². The van der Waals surface area contributed by atoms with Crippen molar-refractivity contribution in [2.75, 3.05) is 37.5 Å². The second-order valence-electron chi connectivity index (χ2n) is 15.9. The van der Waals surface area contributed by atoms with Crippen molar-refractivity contribution in [1.29, 1.82) is 0 Å². The first-order valence-corrected chi connectivity index (χ1v) is 19.6. The largest absolute Gasteiger partial charge is 0.482 e. The smallest absolute Gasteiger partial charge is 0.417 e. The van der Waals surface area contributed by atoms with Gasteiger partial charge in [0.25, 0.3) is 0 Å². The van der Waals surface area contributed by atoms with Crippen LogP contribution in [0.3, 0.4) is 0 Å². The number of esters is 1. The summed E-state index contributed by atoms with van der Waals surface area (Å²) in [5, 5.41) is 2.48. The number of rotatable bonds is 13. The predicted octanol–water partition coefficient (Wildman–Crippen LogP) is 8.76. The molecule has 2 fully saturated rings. The Morgan fingerprint density at radius 2 is 1.57 bits per heavy atom. The summed E-state index contributed by atoms with van der Waals surface area (Å²) in [6.45, 7) is 12.0. The Morgan fingerprint density at radius 3 is 2.20 bits per heavy atom. The zero-order valence-corrected chi connectivity index (χ0v) is 33.4. The van der Waals surface area contributed by atoms with Crippen LogP contribution in [0, 0.1) is 18.2 Å². The highest BCUT2D eigenvalue weighted by atomic mass is 32.2. The normalized spacial score (nSPS) is 18.7. The lowest BCUT2D eigenvalue weighted by molar-refractivity contribution is -0.295. The minimum atomic E-state index is -1.21. The molecule has 10 nitrogen and oxygen atoms in total. The number of aryl methyl sites for hydroxylation is 1. The molecule has 0 bridgehead atoms. The number of carbonyl (C=O) groups is 3. The molecular formula is C44H49FN2O8S. The number of thioether (sulfide) groups is 1. The summed E-state index contributed by atoms with van der Waals surface area (Å²) in [5.41, 5.74) is 2.93. The molecule has 0 radical (unpaired) electrons. The zero-order valence-electron chi connectivity index (χ0n) is 32.6. The van der Waals surface area contributed by atoms with Gasteiger partial charge in [-0.05, 0) is 75.2 Å². The van der Waals surface area contributed by atoms with Gasteiger partial charge in [0.2, 0.25) is 11.7 Å². The molecule has 12 heteroatoms. The van der Waals surface area contributed by atoms with Crippen LogP contribution >= 0.6 is 11.8 Å². The number of cyclic esters (lactones) is 1. The van der Waals surface area contributed by atoms with Crippen LogP contribution in [0.1, 0.15) is 69.0 Å². The molecular weight excluding hydrogens is 736 g/mol. The van der Waals surface area contributed by atoms with Crippen LogP contribution in [0.25, 0.3) is 0 Å². The monoisotopic (exact) mass is 784 g/mol. The summed E-state index contributed by atoms with van der Waals surface area (Å²) in [6, 6.07) is 28.6. The number of ether oxygens (including phenoxy) is 5. The van der Waals surface area contributed by atoms with Crippen molar-refractivity contribution in [2.24, 2.45) is 5.41 Å². The van der Waals surface area contributed by atoms with Crippen LogP contribution in [0.2, 0.25) is 0 Å². The highest BCUT2D eigenvalue weighted by Crippen LogP contribution is 2.43. The summed E-state index contributed by atoms with van der Waals surface area (Å²) < 4.78 is 44.0. The molecule has 6 rings (SSSR count). The topological polar surface area (TPSA) is 113 Å². The molecule has 4 aromatic carbocycles. The molecule has 0 aromatic heterocycles. The zero-order chi connectivity index (χ0) is 40.1. The Bertz CT molecular complexity index is 1960. The summed E-state index contributed by atoms with van der Waals surface area (Å²) in [4.78, 5) is 42.2. The SMILES string of the molecule is Cc1ccc(C2(CSC(C(=O)N3C(=O)OCC3c3ccccc3)C(Nc3ccc(F)cc3)c3ccc(OCC(=O)OC(C)(C)C)cc3)OCC(C)(C)CO2)cc1. The minimum Gasteiger partial charge on any atom is -0.482 e. The van der Waals surface area contributed by atoms with Crippen molar-refractivity contribution in [2.45, 2.75) is 70.3 Å².